The summed E-state index contributed by atoms with van der Waals surface area (Å²) < 4.78 is 1.03. The fourth-order valence-electron chi connectivity index (χ4n) is 0.977. The van der Waals surface area contributed by atoms with Crippen LogP contribution in [0.1, 0.15) is 0 Å². The van der Waals surface area contributed by atoms with Gasteiger partial charge in [-0.15, -0.1) is 11.8 Å². The van der Waals surface area contributed by atoms with Gasteiger partial charge in [0.1, 0.15) is 4.32 Å². The Hall–Kier alpha value is 0.200. The molecule has 4 heteroatoms. The van der Waals surface area contributed by atoms with Gasteiger partial charge in [-0.25, -0.2) is 0 Å². The van der Waals surface area contributed by atoms with Crippen molar-refractivity contribution in [3.05, 3.63) is 0 Å². The summed E-state index contributed by atoms with van der Waals surface area (Å²) in [7, 11) is 0. The zero-order valence-electron chi connectivity index (χ0n) is 6.09. The van der Waals surface area contributed by atoms with Gasteiger partial charge >= 0.3 is 0 Å². The maximum atomic E-state index is 5.14. The summed E-state index contributed by atoms with van der Waals surface area (Å²) in [6, 6.07) is 0. The van der Waals surface area contributed by atoms with Crippen LogP contribution in [0.25, 0.3) is 0 Å². The monoisotopic (exact) mass is 176 g/mol. The first kappa shape index (κ1) is 8.30. The summed E-state index contributed by atoms with van der Waals surface area (Å²) in [6.45, 7) is 4.28. The van der Waals surface area contributed by atoms with E-state index in [-0.39, 0.29) is 0 Å². The zero-order valence-corrected chi connectivity index (χ0v) is 7.73. The minimum Gasteiger partial charge on any atom is -0.355 e. The number of rotatable bonds is 0. The fraction of sp³-hybridized carbons (Fsp3) is 0.833. The van der Waals surface area contributed by atoms with Crippen LogP contribution in [0, 0.1) is 0 Å². The smallest absolute Gasteiger partial charge is 0.136 e. The number of hydrogen-bond acceptors (Lipinski definition) is 3. The lowest BCUT2D eigenvalue weighted by atomic mass is 10.4. The van der Waals surface area contributed by atoms with E-state index < -0.39 is 0 Å². The van der Waals surface area contributed by atoms with Crippen LogP contribution in [0.3, 0.4) is 0 Å². The minimum absolute atomic E-state index is 1.03. The Balaban J connectivity index is 2.31. The molecule has 0 bridgehead atoms. The molecule has 0 unspecified atom stereocenters. The van der Waals surface area contributed by atoms with Crippen LogP contribution in [0.2, 0.25) is 0 Å². The molecule has 0 aromatic heterocycles. The lowest BCUT2D eigenvalue weighted by Gasteiger charge is -2.28. The number of piperazine rings is 1. The normalized spacial score (nSPS) is 19.1. The molecule has 0 radical (unpaired) electrons. The van der Waals surface area contributed by atoms with E-state index in [1.807, 2.05) is 6.26 Å². The molecule has 10 heavy (non-hydrogen) atoms. The van der Waals surface area contributed by atoms with Crippen LogP contribution in [0.4, 0.5) is 0 Å². The van der Waals surface area contributed by atoms with E-state index in [4.69, 9.17) is 12.2 Å². The van der Waals surface area contributed by atoms with Crippen molar-refractivity contribution in [1.29, 1.82) is 0 Å². The predicted molar refractivity (Wildman–Crippen MR) is 50.6 cm³/mol. The van der Waals surface area contributed by atoms with Gasteiger partial charge in [-0.2, -0.15) is 0 Å². The molecule has 0 spiro atoms. The maximum absolute atomic E-state index is 5.14. The van der Waals surface area contributed by atoms with Crippen molar-refractivity contribution in [2.45, 2.75) is 0 Å². The average molecular weight is 176 g/mol. The Kier molecular flexibility index (Phi) is 3.45. The average Bonchev–Trinajstić information content (AvgIpc) is 2.05. The van der Waals surface area contributed by atoms with E-state index in [2.05, 4.69) is 10.2 Å². The molecule has 0 aliphatic carbocycles. The molecule has 58 valence electrons. The molecular weight excluding hydrogens is 164 g/mol. The number of nitrogens with zero attached hydrogens (tertiary/aromatic N) is 1. The standard InChI is InChI=1S/C6H12N2S2/c1-10-6(9)8-4-2-7-3-5-8/h7H,2-5H2,1H3. The predicted octanol–water partition coefficient (Wildman–Crippen LogP) is 0.539. The summed E-state index contributed by atoms with van der Waals surface area (Å²) in [5.74, 6) is 0. The topological polar surface area (TPSA) is 15.3 Å². The molecule has 1 aliphatic rings. The molecular formula is C6H12N2S2. The number of nitrogens with one attached hydrogen (secondary N) is 1. The number of thioether (sulfide) groups is 1. The molecule has 0 aromatic rings. The van der Waals surface area contributed by atoms with Crippen LogP contribution in [0.15, 0.2) is 0 Å². The highest BCUT2D eigenvalue weighted by atomic mass is 32.2. The molecule has 0 atom stereocenters. The molecule has 2 nitrogen and oxygen atoms in total. The highest BCUT2D eigenvalue weighted by molar-refractivity contribution is 8.22. The van der Waals surface area contributed by atoms with Gasteiger partial charge in [0, 0.05) is 26.2 Å². The molecule has 1 fully saturated rings. The summed E-state index contributed by atoms with van der Waals surface area (Å²) >= 11 is 6.80. The van der Waals surface area contributed by atoms with Crippen molar-refractivity contribution >= 4 is 28.3 Å². The second-order valence-electron chi connectivity index (χ2n) is 2.21. The van der Waals surface area contributed by atoms with Crippen molar-refractivity contribution in [1.82, 2.24) is 10.2 Å². The molecule has 0 saturated carbocycles. The maximum Gasteiger partial charge on any atom is 0.136 e. The van der Waals surface area contributed by atoms with Crippen molar-refractivity contribution in [2.75, 3.05) is 32.4 Å². The summed E-state index contributed by atoms with van der Waals surface area (Å²) in [5.41, 5.74) is 0. The quantitative estimate of drug-likeness (QED) is 0.542. The molecule has 1 rings (SSSR count). The highest BCUT2D eigenvalue weighted by Crippen LogP contribution is 2.05. The summed E-state index contributed by atoms with van der Waals surface area (Å²) in [5, 5.41) is 3.28. The van der Waals surface area contributed by atoms with Crippen LogP contribution in [-0.2, 0) is 0 Å². The first-order chi connectivity index (χ1) is 4.84. The van der Waals surface area contributed by atoms with Gasteiger partial charge in [0.25, 0.3) is 0 Å². The van der Waals surface area contributed by atoms with Gasteiger partial charge in [0.2, 0.25) is 0 Å². The molecule has 1 N–H and O–H groups in total. The van der Waals surface area contributed by atoms with Crippen molar-refractivity contribution in [2.24, 2.45) is 0 Å². The second kappa shape index (κ2) is 4.16. The summed E-state index contributed by atoms with van der Waals surface area (Å²) in [4.78, 5) is 2.25. The SMILES string of the molecule is CSC(=S)N1CCNCC1. The van der Waals surface area contributed by atoms with Crippen LogP contribution >= 0.6 is 24.0 Å². The van der Waals surface area contributed by atoms with E-state index in [0.29, 0.717) is 0 Å². The van der Waals surface area contributed by atoms with Crippen LogP contribution in [0.5, 0.6) is 0 Å². The molecule has 1 saturated heterocycles. The fourth-order valence-corrected chi connectivity index (χ4v) is 1.60. The highest BCUT2D eigenvalue weighted by Gasteiger charge is 2.10. The second-order valence-corrected chi connectivity index (χ2v) is 3.65. The van der Waals surface area contributed by atoms with Crippen molar-refractivity contribution in [3.8, 4) is 0 Å². The van der Waals surface area contributed by atoms with Gasteiger partial charge in [-0.3, -0.25) is 0 Å². The van der Waals surface area contributed by atoms with Crippen molar-refractivity contribution in [3.63, 3.8) is 0 Å². The Morgan fingerprint density at radius 1 is 1.50 bits per heavy atom. The first-order valence-electron chi connectivity index (χ1n) is 3.38. The lowest BCUT2D eigenvalue weighted by molar-refractivity contribution is 0.368. The van der Waals surface area contributed by atoms with Gasteiger partial charge < -0.3 is 10.2 Å². The van der Waals surface area contributed by atoms with E-state index >= 15 is 0 Å². The van der Waals surface area contributed by atoms with Gasteiger partial charge in [0.05, 0.1) is 0 Å². The van der Waals surface area contributed by atoms with E-state index in [9.17, 15) is 0 Å². The van der Waals surface area contributed by atoms with E-state index in [1.165, 1.54) is 0 Å². The van der Waals surface area contributed by atoms with E-state index in [0.717, 1.165) is 30.5 Å². The largest absolute Gasteiger partial charge is 0.355 e. The Labute approximate surface area is 71.3 Å². The van der Waals surface area contributed by atoms with Crippen LogP contribution < -0.4 is 5.32 Å². The Morgan fingerprint density at radius 3 is 2.60 bits per heavy atom. The molecule has 1 heterocycles. The Bertz CT molecular complexity index is 121. The third kappa shape index (κ3) is 2.11. The molecule has 0 amide bonds. The third-order valence-corrected chi connectivity index (χ3v) is 2.92. The number of thiocarbonyl (C=S) groups is 1. The minimum atomic E-state index is 1.03. The lowest BCUT2D eigenvalue weighted by Crippen LogP contribution is -2.44. The van der Waals surface area contributed by atoms with Gasteiger partial charge in [-0.05, 0) is 6.26 Å². The van der Waals surface area contributed by atoms with Crippen LogP contribution in [-0.4, -0.2) is 41.7 Å². The first-order valence-corrected chi connectivity index (χ1v) is 5.01. The molecule has 1 aliphatic heterocycles. The van der Waals surface area contributed by atoms with E-state index in [1.54, 1.807) is 11.8 Å². The zero-order chi connectivity index (χ0) is 7.40. The third-order valence-electron chi connectivity index (χ3n) is 1.55. The molecule has 0 aromatic carbocycles. The van der Waals surface area contributed by atoms with Gasteiger partial charge in [0.15, 0.2) is 0 Å². The Morgan fingerprint density at radius 2 is 2.10 bits per heavy atom. The number of hydrogen-bond donors (Lipinski definition) is 1. The van der Waals surface area contributed by atoms with Gasteiger partial charge in [-0.1, -0.05) is 12.2 Å². The summed E-state index contributed by atoms with van der Waals surface area (Å²) in [6.07, 6.45) is 2.03. The van der Waals surface area contributed by atoms with Crippen molar-refractivity contribution < 1.29 is 0 Å².